The van der Waals surface area contributed by atoms with Gasteiger partial charge in [-0.25, -0.2) is 4.99 Å². The third-order valence-corrected chi connectivity index (χ3v) is 2.22. The van der Waals surface area contributed by atoms with E-state index < -0.39 is 0 Å². The lowest BCUT2D eigenvalue weighted by Gasteiger charge is -2.29. The van der Waals surface area contributed by atoms with Gasteiger partial charge in [0.15, 0.2) is 0 Å². The summed E-state index contributed by atoms with van der Waals surface area (Å²) in [6.07, 6.45) is 0. The van der Waals surface area contributed by atoms with Gasteiger partial charge < -0.3 is 10.1 Å². The van der Waals surface area contributed by atoms with Gasteiger partial charge in [0.2, 0.25) is 11.8 Å². The third kappa shape index (κ3) is 2.25. The summed E-state index contributed by atoms with van der Waals surface area (Å²) in [6, 6.07) is -0.398. The van der Waals surface area contributed by atoms with Crippen molar-refractivity contribution in [2.75, 3.05) is 6.61 Å². The van der Waals surface area contributed by atoms with Crippen LogP contribution in [-0.2, 0) is 9.53 Å². The molecule has 0 aromatic carbocycles. The second-order valence-electron chi connectivity index (χ2n) is 3.81. The molecule has 1 rings (SSSR count). The maximum absolute atomic E-state index is 11.4. The fraction of sp³-hybridized carbons (Fsp3) is 0.800. The molecule has 80 valence electrons. The minimum Gasteiger partial charge on any atom is -0.480 e. The molecule has 0 aromatic heterocycles. The molecule has 0 aliphatic carbocycles. The number of ether oxygens (including phenoxy) is 1. The monoisotopic (exact) mass is 198 g/mol. The van der Waals surface area contributed by atoms with E-state index in [0.29, 0.717) is 18.4 Å². The van der Waals surface area contributed by atoms with Crippen LogP contribution in [0.15, 0.2) is 4.99 Å². The molecule has 0 spiro atoms. The smallest absolute Gasteiger partial charge is 0.245 e. The minimum absolute atomic E-state index is 0.0212. The molecule has 2 unspecified atom stereocenters. The number of amides is 1. The van der Waals surface area contributed by atoms with Crippen molar-refractivity contribution in [1.29, 1.82) is 0 Å². The minimum atomic E-state index is -0.327. The molecule has 0 radical (unpaired) electrons. The fourth-order valence-corrected chi connectivity index (χ4v) is 1.39. The van der Waals surface area contributed by atoms with E-state index in [1.807, 2.05) is 20.8 Å². The summed E-state index contributed by atoms with van der Waals surface area (Å²) in [5.74, 6) is 0.943. The number of rotatable bonds is 2. The van der Waals surface area contributed by atoms with Gasteiger partial charge in [0.1, 0.15) is 12.1 Å². The van der Waals surface area contributed by atoms with Crippen LogP contribution in [0.1, 0.15) is 27.7 Å². The molecule has 0 fully saturated rings. The summed E-state index contributed by atoms with van der Waals surface area (Å²) < 4.78 is 5.41. The summed E-state index contributed by atoms with van der Waals surface area (Å²) in [6.45, 7) is 8.35. The van der Waals surface area contributed by atoms with Crippen molar-refractivity contribution >= 4 is 11.8 Å². The Morgan fingerprint density at radius 1 is 1.57 bits per heavy atom. The molecule has 0 aromatic rings. The van der Waals surface area contributed by atoms with Crippen molar-refractivity contribution in [3.8, 4) is 0 Å². The second-order valence-corrected chi connectivity index (χ2v) is 3.81. The summed E-state index contributed by atoms with van der Waals surface area (Å²) in [4.78, 5) is 15.6. The van der Waals surface area contributed by atoms with Crippen molar-refractivity contribution in [3.05, 3.63) is 0 Å². The van der Waals surface area contributed by atoms with Crippen LogP contribution in [0.3, 0.4) is 0 Å². The van der Waals surface area contributed by atoms with E-state index in [4.69, 9.17) is 4.74 Å². The Bertz CT molecular complexity index is 249. The largest absolute Gasteiger partial charge is 0.480 e. The molecule has 1 heterocycles. The van der Waals surface area contributed by atoms with Crippen molar-refractivity contribution < 1.29 is 9.53 Å². The van der Waals surface area contributed by atoms with Gasteiger partial charge in [0.05, 0.1) is 6.61 Å². The number of nitrogens with one attached hydrogen (secondary N) is 1. The summed E-state index contributed by atoms with van der Waals surface area (Å²) in [7, 11) is 0. The van der Waals surface area contributed by atoms with E-state index in [1.54, 1.807) is 6.92 Å². The predicted molar refractivity (Wildman–Crippen MR) is 55.3 cm³/mol. The highest BCUT2D eigenvalue weighted by Crippen LogP contribution is 2.11. The molecule has 14 heavy (non-hydrogen) atoms. The standard InChI is InChI=1S/C10H18N2O2/c1-5-14-10-8(6(2)3)12-9(13)7(4)11-10/h6-8H,5H2,1-4H3,(H,12,13). The van der Waals surface area contributed by atoms with E-state index in [-0.39, 0.29) is 18.0 Å². The first-order chi connectivity index (χ1) is 6.56. The van der Waals surface area contributed by atoms with E-state index in [2.05, 4.69) is 10.3 Å². The number of hydrogen-bond acceptors (Lipinski definition) is 3. The van der Waals surface area contributed by atoms with Crippen LogP contribution in [-0.4, -0.2) is 30.5 Å². The maximum Gasteiger partial charge on any atom is 0.245 e. The number of hydrogen-bond donors (Lipinski definition) is 1. The molecule has 4 nitrogen and oxygen atoms in total. The zero-order chi connectivity index (χ0) is 10.7. The van der Waals surface area contributed by atoms with Gasteiger partial charge in [0, 0.05) is 0 Å². The number of aliphatic imine (C=N–C) groups is 1. The van der Waals surface area contributed by atoms with E-state index in [0.717, 1.165) is 0 Å². The van der Waals surface area contributed by atoms with Gasteiger partial charge in [-0.2, -0.15) is 0 Å². The zero-order valence-electron chi connectivity index (χ0n) is 9.20. The number of carbonyl (C=O) groups excluding carboxylic acids is 1. The van der Waals surface area contributed by atoms with Crippen molar-refractivity contribution in [2.45, 2.75) is 39.8 Å². The first-order valence-corrected chi connectivity index (χ1v) is 5.07. The topological polar surface area (TPSA) is 50.7 Å². The molecular formula is C10H18N2O2. The van der Waals surface area contributed by atoms with Crippen LogP contribution >= 0.6 is 0 Å². The Kier molecular flexibility index (Phi) is 3.49. The average Bonchev–Trinajstić information content (AvgIpc) is 2.11. The van der Waals surface area contributed by atoms with Crippen LogP contribution in [0, 0.1) is 5.92 Å². The predicted octanol–water partition coefficient (Wildman–Crippen LogP) is 0.964. The quantitative estimate of drug-likeness (QED) is 0.718. The summed E-state index contributed by atoms with van der Waals surface area (Å²) in [5.41, 5.74) is 0. The Hall–Kier alpha value is -1.06. The Morgan fingerprint density at radius 2 is 2.21 bits per heavy atom. The van der Waals surface area contributed by atoms with E-state index in [9.17, 15) is 4.79 Å². The molecule has 1 aliphatic rings. The van der Waals surface area contributed by atoms with Gasteiger partial charge >= 0.3 is 0 Å². The Balaban J connectivity index is 2.83. The van der Waals surface area contributed by atoms with Crippen molar-refractivity contribution in [2.24, 2.45) is 10.9 Å². The lowest BCUT2D eigenvalue weighted by molar-refractivity contribution is -0.123. The van der Waals surface area contributed by atoms with Crippen LogP contribution < -0.4 is 5.32 Å². The lowest BCUT2D eigenvalue weighted by Crippen LogP contribution is -2.52. The third-order valence-electron chi connectivity index (χ3n) is 2.22. The van der Waals surface area contributed by atoms with Gasteiger partial charge in [0.25, 0.3) is 0 Å². The van der Waals surface area contributed by atoms with E-state index in [1.165, 1.54) is 0 Å². The number of nitrogens with zero attached hydrogens (tertiary/aromatic N) is 1. The molecule has 2 atom stereocenters. The average molecular weight is 198 g/mol. The maximum atomic E-state index is 11.4. The SMILES string of the molecule is CCOC1=NC(C)C(=O)NC1C(C)C. The van der Waals surface area contributed by atoms with Crippen molar-refractivity contribution in [3.63, 3.8) is 0 Å². The molecule has 4 heteroatoms. The molecule has 1 aliphatic heterocycles. The van der Waals surface area contributed by atoms with Crippen molar-refractivity contribution in [1.82, 2.24) is 5.32 Å². The second kappa shape index (κ2) is 4.44. The highest BCUT2D eigenvalue weighted by molar-refractivity contribution is 5.95. The fourth-order valence-electron chi connectivity index (χ4n) is 1.39. The van der Waals surface area contributed by atoms with E-state index >= 15 is 0 Å². The van der Waals surface area contributed by atoms with Crippen LogP contribution in [0.2, 0.25) is 0 Å². The Labute approximate surface area is 84.7 Å². The lowest BCUT2D eigenvalue weighted by atomic mass is 10.0. The zero-order valence-corrected chi connectivity index (χ0v) is 9.20. The highest BCUT2D eigenvalue weighted by atomic mass is 16.5. The molecule has 0 bridgehead atoms. The normalized spacial score (nSPS) is 27.2. The van der Waals surface area contributed by atoms with Crippen LogP contribution in [0.5, 0.6) is 0 Å². The highest BCUT2D eigenvalue weighted by Gasteiger charge is 2.30. The van der Waals surface area contributed by atoms with Gasteiger partial charge in [-0.1, -0.05) is 13.8 Å². The number of carbonyl (C=O) groups is 1. The molecule has 1 amide bonds. The molecule has 0 saturated carbocycles. The molecule has 1 N–H and O–H groups in total. The first-order valence-electron chi connectivity index (χ1n) is 5.07. The summed E-state index contributed by atoms with van der Waals surface area (Å²) in [5, 5.41) is 2.91. The van der Waals surface area contributed by atoms with Crippen LogP contribution in [0.4, 0.5) is 0 Å². The molecule has 0 saturated heterocycles. The van der Waals surface area contributed by atoms with Gasteiger partial charge in [-0.3, -0.25) is 4.79 Å². The van der Waals surface area contributed by atoms with Gasteiger partial charge in [-0.15, -0.1) is 0 Å². The Morgan fingerprint density at radius 3 is 2.71 bits per heavy atom. The molecular weight excluding hydrogens is 180 g/mol. The van der Waals surface area contributed by atoms with Gasteiger partial charge in [-0.05, 0) is 19.8 Å². The summed E-state index contributed by atoms with van der Waals surface area (Å²) >= 11 is 0. The first kappa shape index (κ1) is 11.0. The van der Waals surface area contributed by atoms with Crippen LogP contribution in [0.25, 0.3) is 0 Å².